The monoisotopic (exact) mass is 262 g/mol. The molecule has 1 N–H and O–H groups in total. The minimum atomic E-state index is -0.155. The lowest BCUT2D eigenvalue weighted by atomic mass is 10.1. The summed E-state index contributed by atoms with van der Waals surface area (Å²) in [6.07, 6.45) is 1.49. The SMILES string of the molecule is CN(C)CC(=O)c1ccc(N2CCC(O)CC2)cc1. The highest BCUT2D eigenvalue weighted by Crippen LogP contribution is 2.20. The van der Waals surface area contributed by atoms with Gasteiger partial charge >= 0.3 is 0 Å². The first-order valence-corrected chi connectivity index (χ1v) is 6.77. The highest BCUT2D eigenvalue weighted by molar-refractivity contribution is 5.97. The van der Waals surface area contributed by atoms with Crippen molar-refractivity contribution >= 4 is 11.5 Å². The number of anilines is 1. The summed E-state index contributed by atoms with van der Waals surface area (Å²) < 4.78 is 0. The van der Waals surface area contributed by atoms with Crippen molar-refractivity contribution in [3.63, 3.8) is 0 Å². The second kappa shape index (κ2) is 6.17. The molecule has 0 spiro atoms. The Morgan fingerprint density at radius 1 is 1.26 bits per heavy atom. The number of aliphatic hydroxyl groups excluding tert-OH is 1. The molecule has 0 bridgehead atoms. The van der Waals surface area contributed by atoms with Crippen molar-refractivity contribution < 1.29 is 9.90 Å². The maximum atomic E-state index is 11.9. The van der Waals surface area contributed by atoms with Gasteiger partial charge in [-0.1, -0.05) is 0 Å². The largest absolute Gasteiger partial charge is 0.393 e. The number of hydrogen-bond donors (Lipinski definition) is 1. The molecule has 0 saturated carbocycles. The number of hydrogen-bond acceptors (Lipinski definition) is 4. The van der Waals surface area contributed by atoms with E-state index in [1.165, 1.54) is 0 Å². The fourth-order valence-corrected chi connectivity index (χ4v) is 2.36. The van der Waals surface area contributed by atoms with Crippen molar-refractivity contribution in [2.75, 3.05) is 38.6 Å². The van der Waals surface area contributed by atoms with Gasteiger partial charge in [-0.05, 0) is 51.2 Å². The second-order valence-electron chi connectivity index (χ2n) is 5.43. The molecule has 4 heteroatoms. The van der Waals surface area contributed by atoms with Crippen LogP contribution in [0, 0.1) is 0 Å². The van der Waals surface area contributed by atoms with Gasteiger partial charge in [0.1, 0.15) is 0 Å². The summed E-state index contributed by atoms with van der Waals surface area (Å²) >= 11 is 0. The lowest BCUT2D eigenvalue weighted by Crippen LogP contribution is -2.35. The van der Waals surface area contributed by atoms with Crippen LogP contribution >= 0.6 is 0 Å². The van der Waals surface area contributed by atoms with E-state index in [0.29, 0.717) is 6.54 Å². The van der Waals surface area contributed by atoms with Crippen molar-refractivity contribution in [1.82, 2.24) is 4.90 Å². The zero-order chi connectivity index (χ0) is 13.8. The number of carbonyl (C=O) groups is 1. The van der Waals surface area contributed by atoms with Crippen molar-refractivity contribution in [3.05, 3.63) is 29.8 Å². The number of likely N-dealkylation sites (N-methyl/N-ethyl adjacent to an activating group) is 1. The average Bonchev–Trinajstić information content (AvgIpc) is 2.39. The zero-order valence-corrected chi connectivity index (χ0v) is 11.7. The molecular weight excluding hydrogens is 240 g/mol. The van der Waals surface area contributed by atoms with E-state index in [2.05, 4.69) is 4.90 Å². The van der Waals surface area contributed by atoms with Crippen LogP contribution in [0.1, 0.15) is 23.2 Å². The summed E-state index contributed by atoms with van der Waals surface area (Å²) in [5, 5.41) is 9.50. The summed E-state index contributed by atoms with van der Waals surface area (Å²) in [5.41, 5.74) is 1.89. The molecule has 0 amide bonds. The predicted molar refractivity (Wildman–Crippen MR) is 76.8 cm³/mol. The molecule has 1 aliphatic rings. The normalized spacial score (nSPS) is 16.9. The third-order valence-corrected chi connectivity index (χ3v) is 3.48. The Hall–Kier alpha value is -1.39. The molecule has 1 aromatic carbocycles. The summed E-state index contributed by atoms with van der Waals surface area (Å²) in [4.78, 5) is 16.0. The van der Waals surface area contributed by atoms with Crippen LogP contribution in [0.25, 0.3) is 0 Å². The summed E-state index contributed by atoms with van der Waals surface area (Å²) in [6, 6.07) is 7.79. The van der Waals surface area contributed by atoms with Gasteiger partial charge < -0.3 is 14.9 Å². The minimum absolute atomic E-state index is 0.144. The van der Waals surface area contributed by atoms with Gasteiger partial charge in [0.25, 0.3) is 0 Å². The van der Waals surface area contributed by atoms with Gasteiger partial charge in [-0.25, -0.2) is 0 Å². The zero-order valence-electron chi connectivity index (χ0n) is 11.7. The molecule has 0 atom stereocenters. The van der Waals surface area contributed by atoms with Gasteiger partial charge in [0.15, 0.2) is 5.78 Å². The molecule has 0 aliphatic carbocycles. The van der Waals surface area contributed by atoms with Gasteiger partial charge in [-0.2, -0.15) is 0 Å². The number of aliphatic hydroxyl groups is 1. The van der Waals surface area contributed by atoms with Crippen molar-refractivity contribution in [3.8, 4) is 0 Å². The van der Waals surface area contributed by atoms with Crippen molar-refractivity contribution in [2.24, 2.45) is 0 Å². The van der Waals surface area contributed by atoms with Crippen LogP contribution in [-0.2, 0) is 0 Å². The number of rotatable bonds is 4. The van der Waals surface area contributed by atoms with Gasteiger partial charge in [0.2, 0.25) is 0 Å². The fraction of sp³-hybridized carbons (Fsp3) is 0.533. The average molecular weight is 262 g/mol. The summed E-state index contributed by atoms with van der Waals surface area (Å²) in [7, 11) is 3.79. The van der Waals surface area contributed by atoms with Gasteiger partial charge in [0, 0.05) is 24.3 Å². The molecule has 4 nitrogen and oxygen atoms in total. The molecule has 19 heavy (non-hydrogen) atoms. The van der Waals surface area contributed by atoms with Crippen LogP contribution in [-0.4, -0.2) is 55.6 Å². The van der Waals surface area contributed by atoms with E-state index in [1.807, 2.05) is 43.3 Å². The van der Waals surface area contributed by atoms with E-state index in [0.717, 1.165) is 37.2 Å². The number of Topliss-reactive ketones (excluding diaryl/α,β-unsaturated/α-hetero) is 1. The maximum Gasteiger partial charge on any atom is 0.176 e. The van der Waals surface area contributed by atoms with Crippen molar-refractivity contribution in [2.45, 2.75) is 18.9 Å². The van der Waals surface area contributed by atoms with Crippen LogP contribution in [0.3, 0.4) is 0 Å². The van der Waals surface area contributed by atoms with Crippen LogP contribution in [0.5, 0.6) is 0 Å². The number of nitrogens with zero attached hydrogens (tertiary/aromatic N) is 2. The number of benzene rings is 1. The predicted octanol–water partition coefficient (Wildman–Crippen LogP) is 1.39. The van der Waals surface area contributed by atoms with Crippen LogP contribution in [0.4, 0.5) is 5.69 Å². The number of piperidine rings is 1. The molecule has 0 radical (unpaired) electrons. The Morgan fingerprint density at radius 2 is 1.84 bits per heavy atom. The summed E-state index contributed by atoms with van der Waals surface area (Å²) in [5.74, 6) is 0.144. The molecule has 1 saturated heterocycles. The Balaban J connectivity index is 2.00. The van der Waals surface area contributed by atoms with E-state index in [4.69, 9.17) is 0 Å². The summed E-state index contributed by atoms with van der Waals surface area (Å²) in [6.45, 7) is 2.20. The van der Waals surface area contributed by atoms with Gasteiger partial charge in [-0.3, -0.25) is 4.79 Å². The van der Waals surface area contributed by atoms with Crippen LogP contribution < -0.4 is 4.90 Å². The molecule has 2 rings (SSSR count). The molecular formula is C15H22N2O2. The molecule has 1 fully saturated rings. The quantitative estimate of drug-likeness (QED) is 0.833. The van der Waals surface area contributed by atoms with E-state index in [-0.39, 0.29) is 11.9 Å². The lowest BCUT2D eigenvalue weighted by molar-refractivity contribution is 0.0958. The van der Waals surface area contributed by atoms with Crippen LogP contribution in [0.2, 0.25) is 0 Å². The first-order valence-electron chi connectivity index (χ1n) is 6.77. The molecule has 0 aromatic heterocycles. The smallest absolute Gasteiger partial charge is 0.176 e. The van der Waals surface area contributed by atoms with Crippen LogP contribution in [0.15, 0.2) is 24.3 Å². The minimum Gasteiger partial charge on any atom is -0.393 e. The van der Waals surface area contributed by atoms with E-state index >= 15 is 0 Å². The maximum absolute atomic E-state index is 11.9. The third kappa shape index (κ3) is 3.78. The van der Waals surface area contributed by atoms with E-state index in [1.54, 1.807) is 0 Å². The Labute approximate surface area is 114 Å². The van der Waals surface area contributed by atoms with Crippen molar-refractivity contribution in [1.29, 1.82) is 0 Å². The molecule has 1 aromatic rings. The first kappa shape index (κ1) is 14.0. The highest BCUT2D eigenvalue weighted by Gasteiger charge is 2.17. The number of ketones is 1. The Kier molecular flexibility index (Phi) is 4.56. The molecule has 1 heterocycles. The Morgan fingerprint density at radius 3 is 2.37 bits per heavy atom. The Bertz CT molecular complexity index is 420. The fourth-order valence-electron chi connectivity index (χ4n) is 2.36. The lowest BCUT2D eigenvalue weighted by Gasteiger charge is -2.31. The molecule has 0 unspecified atom stereocenters. The molecule has 104 valence electrons. The standard InChI is InChI=1S/C15H22N2O2/c1-16(2)11-15(19)12-3-5-13(6-4-12)17-9-7-14(18)8-10-17/h3-6,14,18H,7-11H2,1-2H3. The molecule has 1 aliphatic heterocycles. The number of carbonyl (C=O) groups excluding carboxylic acids is 1. The third-order valence-electron chi connectivity index (χ3n) is 3.48. The van der Waals surface area contributed by atoms with Gasteiger partial charge in [0.05, 0.1) is 12.6 Å². The first-order chi connectivity index (χ1) is 9.06. The van der Waals surface area contributed by atoms with Gasteiger partial charge in [-0.15, -0.1) is 0 Å². The topological polar surface area (TPSA) is 43.8 Å². The highest BCUT2D eigenvalue weighted by atomic mass is 16.3. The van der Waals surface area contributed by atoms with E-state index in [9.17, 15) is 9.90 Å². The second-order valence-corrected chi connectivity index (χ2v) is 5.43. The van der Waals surface area contributed by atoms with E-state index < -0.39 is 0 Å².